The van der Waals surface area contributed by atoms with Gasteiger partial charge in [-0.15, -0.1) is 0 Å². The highest BCUT2D eigenvalue weighted by molar-refractivity contribution is 7.90. The molecule has 0 saturated heterocycles. The SMILES string of the molecule is CCCNC(=O)[C@H](Cc1ccccc1)N(Cc1ccc(F)cc1)C(=O)CN(c1ccccc1F)S(=O)(=O)N(C)C. The lowest BCUT2D eigenvalue weighted by molar-refractivity contribution is -0.140. The lowest BCUT2D eigenvalue weighted by atomic mass is 10.0. The van der Waals surface area contributed by atoms with Crippen molar-refractivity contribution in [2.45, 2.75) is 32.4 Å². The highest BCUT2D eigenvalue weighted by Crippen LogP contribution is 2.24. The molecule has 0 radical (unpaired) electrons. The molecule has 0 bridgehead atoms. The molecule has 3 aromatic rings. The van der Waals surface area contributed by atoms with Gasteiger partial charge in [0.15, 0.2) is 0 Å². The second-order valence-corrected chi connectivity index (χ2v) is 11.5. The van der Waals surface area contributed by atoms with Gasteiger partial charge in [-0.05, 0) is 41.8 Å². The van der Waals surface area contributed by atoms with Crippen LogP contribution >= 0.6 is 0 Å². The minimum Gasteiger partial charge on any atom is -0.354 e. The van der Waals surface area contributed by atoms with Crippen molar-refractivity contribution < 1.29 is 26.8 Å². The summed E-state index contributed by atoms with van der Waals surface area (Å²) in [6, 6.07) is 18.8. The summed E-state index contributed by atoms with van der Waals surface area (Å²) in [6.45, 7) is 1.39. The Hall–Kier alpha value is -3.83. The average Bonchev–Trinajstić information content (AvgIpc) is 2.94. The van der Waals surface area contributed by atoms with Crippen LogP contribution in [0, 0.1) is 11.6 Å². The normalized spacial score (nSPS) is 12.2. The third kappa shape index (κ3) is 7.86. The van der Waals surface area contributed by atoms with Crippen LogP contribution < -0.4 is 9.62 Å². The maximum absolute atomic E-state index is 14.8. The Morgan fingerprint density at radius 1 is 0.875 bits per heavy atom. The van der Waals surface area contributed by atoms with Crippen LogP contribution in [0.25, 0.3) is 0 Å². The van der Waals surface area contributed by atoms with Gasteiger partial charge >= 0.3 is 10.2 Å². The van der Waals surface area contributed by atoms with Crippen LogP contribution in [0.1, 0.15) is 24.5 Å². The second kappa shape index (κ2) is 14.0. The zero-order valence-corrected chi connectivity index (χ0v) is 23.6. The van der Waals surface area contributed by atoms with E-state index in [1.165, 1.54) is 61.5 Å². The van der Waals surface area contributed by atoms with Gasteiger partial charge in [-0.2, -0.15) is 12.7 Å². The van der Waals surface area contributed by atoms with E-state index in [0.717, 1.165) is 15.9 Å². The van der Waals surface area contributed by atoms with Crippen LogP contribution in [0.5, 0.6) is 0 Å². The molecule has 1 N–H and O–H groups in total. The zero-order chi connectivity index (χ0) is 29.3. The van der Waals surface area contributed by atoms with Gasteiger partial charge in [-0.1, -0.05) is 61.5 Å². The van der Waals surface area contributed by atoms with Crippen LogP contribution in [0.3, 0.4) is 0 Å². The smallest absolute Gasteiger partial charge is 0.304 e. The van der Waals surface area contributed by atoms with Gasteiger partial charge in [0, 0.05) is 33.6 Å². The Morgan fingerprint density at radius 3 is 2.10 bits per heavy atom. The summed E-state index contributed by atoms with van der Waals surface area (Å²) in [5, 5.41) is 2.83. The Kier molecular flexibility index (Phi) is 10.7. The zero-order valence-electron chi connectivity index (χ0n) is 22.8. The van der Waals surface area contributed by atoms with E-state index in [0.29, 0.717) is 22.8 Å². The summed E-state index contributed by atoms with van der Waals surface area (Å²) in [6.07, 6.45) is 0.807. The van der Waals surface area contributed by atoms with E-state index >= 15 is 0 Å². The van der Waals surface area contributed by atoms with Crippen molar-refractivity contribution in [3.8, 4) is 0 Å². The number of carbonyl (C=O) groups excluding carboxylic acids is 2. The van der Waals surface area contributed by atoms with Gasteiger partial charge in [-0.25, -0.2) is 13.1 Å². The van der Waals surface area contributed by atoms with E-state index in [2.05, 4.69) is 5.32 Å². The molecule has 1 atom stereocenters. The van der Waals surface area contributed by atoms with E-state index in [9.17, 15) is 26.8 Å². The van der Waals surface area contributed by atoms with E-state index < -0.39 is 46.2 Å². The predicted octanol–water partition coefficient (Wildman–Crippen LogP) is 3.74. The highest BCUT2D eigenvalue weighted by Gasteiger charge is 2.35. The fourth-order valence-corrected chi connectivity index (χ4v) is 5.13. The first-order valence-corrected chi connectivity index (χ1v) is 14.2. The monoisotopic (exact) mass is 572 g/mol. The maximum Gasteiger partial charge on any atom is 0.304 e. The Morgan fingerprint density at radius 2 is 1.50 bits per heavy atom. The number of nitrogens with one attached hydrogen (secondary N) is 1. The molecule has 0 spiro atoms. The summed E-state index contributed by atoms with van der Waals surface area (Å²) in [7, 11) is -1.76. The third-order valence-electron chi connectivity index (χ3n) is 6.23. The first-order chi connectivity index (χ1) is 19.0. The van der Waals surface area contributed by atoms with Gasteiger partial charge < -0.3 is 10.2 Å². The topological polar surface area (TPSA) is 90.0 Å². The fourth-order valence-electron chi connectivity index (χ4n) is 4.06. The molecule has 0 saturated carbocycles. The van der Waals surface area contributed by atoms with Crippen molar-refractivity contribution in [1.29, 1.82) is 0 Å². The van der Waals surface area contributed by atoms with Crippen LogP contribution in [0.2, 0.25) is 0 Å². The number of para-hydroxylation sites is 1. The Bertz CT molecular complexity index is 1390. The van der Waals surface area contributed by atoms with Crippen LogP contribution in [0.4, 0.5) is 14.5 Å². The van der Waals surface area contributed by atoms with Gasteiger partial charge in [0.2, 0.25) is 11.8 Å². The highest BCUT2D eigenvalue weighted by atomic mass is 32.2. The lowest BCUT2D eigenvalue weighted by Gasteiger charge is -2.34. The van der Waals surface area contributed by atoms with E-state index in [1.54, 1.807) is 0 Å². The quantitative estimate of drug-likeness (QED) is 0.338. The Balaban J connectivity index is 2.08. The summed E-state index contributed by atoms with van der Waals surface area (Å²) >= 11 is 0. The molecular weight excluding hydrogens is 538 g/mol. The molecule has 40 heavy (non-hydrogen) atoms. The van der Waals surface area contributed by atoms with E-state index in [4.69, 9.17) is 0 Å². The Labute approximate surface area is 234 Å². The third-order valence-corrected chi connectivity index (χ3v) is 8.03. The molecule has 0 unspecified atom stereocenters. The molecule has 0 fully saturated rings. The van der Waals surface area contributed by atoms with Crippen LogP contribution in [-0.4, -0.2) is 62.7 Å². The number of rotatable bonds is 13. The van der Waals surface area contributed by atoms with E-state index in [-0.39, 0.29) is 18.7 Å². The number of hydrogen-bond acceptors (Lipinski definition) is 4. The molecule has 2 amide bonds. The summed E-state index contributed by atoms with van der Waals surface area (Å²) in [4.78, 5) is 28.7. The van der Waals surface area contributed by atoms with Crippen molar-refractivity contribution in [3.05, 3.63) is 102 Å². The number of halogens is 2. The molecule has 0 aliphatic carbocycles. The van der Waals surface area contributed by atoms with Crippen molar-refractivity contribution >= 4 is 27.7 Å². The molecule has 0 aromatic heterocycles. The molecular formula is C29H34F2N4O4S. The van der Waals surface area contributed by atoms with Crippen molar-refractivity contribution in [2.24, 2.45) is 0 Å². The molecule has 8 nitrogen and oxygen atoms in total. The van der Waals surface area contributed by atoms with Crippen LogP contribution in [0.15, 0.2) is 78.9 Å². The van der Waals surface area contributed by atoms with E-state index in [1.807, 2.05) is 37.3 Å². The molecule has 214 valence electrons. The van der Waals surface area contributed by atoms with Crippen molar-refractivity contribution in [2.75, 3.05) is 31.5 Å². The number of nitrogens with zero attached hydrogens (tertiary/aromatic N) is 3. The molecule has 0 aliphatic rings. The number of carbonyl (C=O) groups is 2. The molecule has 3 aromatic carbocycles. The number of amides is 2. The van der Waals surface area contributed by atoms with Crippen molar-refractivity contribution in [3.63, 3.8) is 0 Å². The minimum atomic E-state index is -4.31. The maximum atomic E-state index is 14.8. The molecule has 3 rings (SSSR count). The largest absolute Gasteiger partial charge is 0.354 e. The van der Waals surface area contributed by atoms with Gasteiger partial charge in [0.25, 0.3) is 0 Å². The number of hydrogen-bond donors (Lipinski definition) is 1. The van der Waals surface area contributed by atoms with Crippen molar-refractivity contribution in [1.82, 2.24) is 14.5 Å². The summed E-state index contributed by atoms with van der Waals surface area (Å²) < 4.78 is 56.6. The first kappa shape index (κ1) is 30.7. The molecule has 11 heteroatoms. The predicted molar refractivity (Wildman–Crippen MR) is 151 cm³/mol. The first-order valence-electron chi connectivity index (χ1n) is 12.8. The lowest BCUT2D eigenvalue weighted by Crippen LogP contribution is -2.54. The molecule has 0 heterocycles. The van der Waals surface area contributed by atoms with Gasteiger partial charge in [0.1, 0.15) is 24.2 Å². The average molecular weight is 573 g/mol. The van der Waals surface area contributed by atoms with Gasteiger partial charge in [0.05, 0.1) is 5.69 Å². The summed E-state index contributed by atoms with van der Waals surface area (Å²) in [5.74, 6) is -2.45. The standard InChI is InChI=1S/C29H34F2N4O4S/c1-4-18-32-29(37)27(19-22-10-6-5-7-11-22)34(20-23-14-16-24(30)17-15-23)28(36)21-35(40(38,39)33(2)3)26-13-9-8-12-25(26)31/h5-17,27H,4,18-21H2,1-3H3,(H,32,37)/t27-/m0/s1. The number of benzene rings is 3. The fraction of sp³-hybridized carbons (Fsp3) is 0.310. The van der Waals surface area contributed by atoms with Gasteiger partial charge in [-0.3, -0.25) is 9.59 Å². The van der Waals surface area contributed by atoms with Crippen LogP contribution in [-0.2, 0) is 32.8 Å². The second-order valence-electron chi connectivity index (χ2n) is 9.39. The number of anilines is 1. The minimum absolute atomic E-state index is 0.108. The summed E-state index contributed by atoms with van der Waals surface area (Å²) in [5.41, 5.74) is 1.01. The molecule has 0 aliphatic heterocycles.